The zero-order valence-corrected chi connectivity index (χ0v) is 13.8. The summed E-state index contributed by atoms with van der Waals surface area (Å²) >= 11 is 1.93. The van der Waals surface area contributed by atoms with Crippen LogP contribution in [0.2, 0.25) is 0 Å². The number of benzene rings is 1. The lowest BCUT2D eigenvalue weighted by molar-refractivity contribution is 0.676. The van der Waals surface area contributed by atoms with Crippen LogP contribution in [-0.4, -0.2) is 11.5 Å². The topological polar surface area (TPSA) is 24.9 Å². The molecule has 0 spiro atoms. The minimum atomic E-state index is 0.221. The standard InChI is InChI=1S/C18H24N2S/c1-3-12-19-13-16-15(4-2)20-17(21-16)18(10-11-18)14-8-6-5-7-9-14/h5-9,19H,3-4,10-13H2,1-2H3. The smallest absolute Gasteiger partial charge is 0.104 e. The van der Waals surface area contributed by atoms with E-state index < -0.39 is 0 Å². The van der Waals surface area contributed by atoms with Crippen molar-refractivity contribution in [2.24, 2.45) is 0 Å². The molecule has 1 aromatic carbocycles. The summed E-state index contributed by atoms with van der Waals surface area (Å²) in [6.45, 7) is 6.48. The van der Waals surface area contributed by atoms with E-state index in [-0.39, 0.29) is 5.41 Å². The van der Waals surface area contributed by atoms with Crippen molar-refractivity contribution in [1.82, 2.24) is 10.3 Å². The maximum atomic E-state index is 5.00. The van der Waals surface area contributed by atoms with Crippen molar-refractivity contribution >= 4 is 11.3 Å². The molecule has 21 heavy (non-hydrogen) atoms. The molecule has 0 radical (unpaired) electrons. The fourth-order valence-electron chi connectivity index (χ4n) is 2.89. The Kier molecular flexibility index (Phi) is 4.41. The van der Waals surface area contributed by atoms with Crippen LogP contribution in [-0.2, 0) is 18.4 Å². The number of rotatable bonds is 7. The third-order valence-electron chi connectivity index (χ3n) is 4.31. The van der Waals surface area contributed by atoms with E-state index in [4.69, 9.17) is 4.98 Å². The second-order valence-electron chi connectivity index (χ2n) is 5.87. The highest BCUT2D eigenvalue weighted by Gasteiger charge is 2.48. The summed E-state index contributed by atoms with van der Waals surface area (Å²) in [6, 6.07) is 10.9. The first-order valence-corrected chi connectivity index (χ1v) is 8.87. The molecular weight excluding hydrogens is 276 g/mol. The molecule has 2 nitrogen and oxygen atoms in total. The summed E-state index contributed by atoms with van der Waals surface area (Å²) in [6.07, 6.45) is 4.70. The van der Waals surface area contributed by atoms with Gasteiger partial charge in [0.15, 0.2) is 0 Å². The van der Waals surface area contributed by atoms with Crippen LogP contribution in [0.15, 0.2) is 30.3 Å². The Labute approximate surface area is 131 Å². The minimum Gasteiger partial charge on any atom is -0.312 e. The van der Waals surface area contributed by atoms with Gasteiger partial charge in [0.1, 0.15) is 5.01 Å². The summed E-state index contributed by atoms with van der Waals surface area (Å²) in [5.74, 6) is 0. The van der Waals surface area contributed by atoms with Crippen LogP contribution in [0.25, 0.3) is 0 Å². The maximum Gasteiger partial charge on any atom is 0.104 e. The van der Waals surface area contributed by atoms with Crippen molar-refractivity contribution in [3.8, 4) is 0 Å². The minimum absolute atomic E-state index is 0.221. The van der Waals surface area contributed by atoms with Gasteiger partial charge >= 0.3 is 0 Å². The SMILES string of the molecule is CCCNCc1sc(C2(c3ccccc3)CC2)nc1CC. The summed E-state index contributed by atoms with van der Waals surface area (Å²) in [7, 11) is 0. The Hall–Kier alpha value is -1.19. The lowest BCUT2D eigenvalue weighted by atomic mass is 9.97. The number of thiazole rings is 1. The van der Waals surface area contributed by atoms with Crippen molar-refractivity contribution < 1.29 is 0 Å². The normalized spacial score (nSPS) is 16.1. The largest absolute Gasteiger partial charge is 0.312 e. The van der Waals surface area contributed by atoms with Crippen LogP contribution >= 0.6 is 11.3 Å². The van der Waals surface area contributed by atoms with Gasteiger partial charge in [0.05, 0.1) is 5.69 Å². The molecule has 3 rings (SSSR count). The van der Waals surface area contributed by atoms with E-state index in [1.165, 1.54) is 40.4 Å². The average Bonchev–Trinajstić information content (AvgIpc) is 3.24. The van der Waals surface area contributed by atoms with Crippen LogP contribution in [0.1, 0.15) is 54.3 Å². The Morgan fingerprint density at radius 3 is 2.57 bits per heavy atom. The van der Waals surface area contributed by atoms with E-state index in [1.807, 2.05) is 11.3 Å². The quantitative estimate of drug-likeness (QED) is 0.772. The van der Waals surface area contributed by atoms with Crippen LogP contribution < -0.4 is 5.32 Å². The van der Waals surface area contributed by atoms with Crippen molar-refractivity contribution in [2.45, 2.75) is 51.5 Å². The highest BCUT2D eigenvalue weighted by atomic mass is 32.1. The van der Waals surface area contributed by atoms with Gasteiger partial charge in [-0.25, -0.2) is 4.98 Å². The summed E-state index contributed by atoms with van der Waals surface area (Å²) in [5, 5.41) is 4.85. The predicted octanol–water partition coefficient (Wildman–Crippen LogP) is 4.29. The zero-order chi connectivity index (χ0) is 14.7. The van der Waals surface area contributed by atoms with E-state index in [2.05, 4.69) is 49.5 Å². The Morgan fingerprint density at radius 2 is 1.95 bits per heavy atom. The van der Waals surface area contributed by atoms with Crippen molar-refractivity contribution in [2.75, 3.05) is 6.54 Å². The van der Waals surface area contributed by atoms with Gasteiger partial charge in [-0.3, -0.25) is 0 Å². The van der Waals surface area contributed by atoms with E-state index >= 15 is 0 Å². The molecule has 2 aromatic rings. The molecule has 3 heteroatoms. The molecule has 1 aliphatic rings. The maximum absolute atomic E-state index is 5.00. The monoisotopic (exact) mass is 300 g/mol. The van der Waals surface area contributed by atoms with Gasteiger partial charge in [0, 0.05) is 16.8 Å². The van der Waals surface area contributed by atoms with Gasteiger partial charge in [0.25, 0.3) is 0 Å². The third-order valence-corrected chi connectivity index (χ3v) is 5.61. The highest BCUT2D eigenvalue weighted by Crippen LogP contribution is 2.54. The van der Waals surface area contributed by atoms with Crippen molar-refractivity contribution in [1.29, 1.82) is 0 Å². The molecule has 1 saturated carbocycles. The molecule has 0 saturated heterocycles. The molecule has 1 heterocycles. The van der Waals surface area contributed by atoms with E-state index in [9.17, 15) is 0 Å². The fraction of sp³-hybridized carbons (Fsp3) is 0.500. The van der Waals surface area contributed by atoms with Gasteiger partial charge < -0.3 is 5.32 Å². The molecule has 0 aliphatic heterocycles. The molecule has 0 atom stereocenters. The van der Waals surface area contributed by atoms with Gasteiger partial charge in [-0.05, 0) is 37.8 Å². The van der Waals surface area contributed by atoms with E-state index in [0.29, 0.717) is 0 Å². The lowest BCUT2D eigenvalue weighted by Gasteiger charge is -2.12. The number of nitrogens with one attached hydrogen (secondary N) is 1. The Morgan fingerprint density at radius 1 is 1.19 bits per heavy atom. The number of aromatic nitrogens is 1. The second kappa shape index (κ2) is 6.29. The number of nitrogens with zero attached hydrogens (tertiary/aromatic N) is 1. The molecule has 0 unspecified atom stereocenters. The number of hydrogen-bond acceptors (Lipinski definition) is 3. The molecule has 1 fully saturated rings. The molecule has 112 valence electrons. The zero-order valence-electron chi connectivity index (χ0n) is 13.0. The first-order chi connectivity index (χ1) is 10.3. The molecule has 1 aliphatic carbocycles. The molecular formula is C18H24N2S. The lowest BCUT2D eigenvalue weighted by Crippen LogP contribution is -2.13. The number of aryl methyl sites for hydroxylation is 1. The average molecular weight is 300 g/mol. The second-order valence-corrected chi connectivity index (χ2v) is 6.95. The third kappa shape index (κ3) is 2.90. The Balaban J connectivity index is 1.86. The summed E-state index contributed by atoms with van der Waals surface area (Å²) in [5.41, 5.74) is 2.95. The van der Waals surface area contributed by atoms with Crippen molar-refractivity contribution in [3.63, 3.8) is 0 Å². The first-order valence-electron chi connectivity index (χ1n) is 8.05. The predicted molar refractivity (Wildman–Crippen MR) is 89.9 cm³/mol. The molecule has 0 bridgehead atoms. The van der Waals surface area contributed by atoms with Gasteiger partial charge in [-0.1, -0.05) is 44.2 Å². The first kappa shape index (κ1) is 14.7. The van der Waals surface area contributed by atoms with Crippen LogP contribution in [0.3, 0.4) is 0 Å². The highest BCUT2D eigenvalue weighted by molar-refractivity contribution is 7.12. The van der Waals surface area contributed by atoms with Crippen LogP contribution in [0.4, 0.5) is 0 Å². The fourth-order valence-corrected chi connectivity index (χ4v) is 4.28. The van der Waals surface area contributed by atoms with Crippen LogP contribution in [0.5, 0.6) is 0 Å². The van der Waals surface area contributed by atoms with Gasteiger partial charge in [-0.2, -0.15) is 0 Å². The summed E-state index contributed by atoms with van der Waals surface area (Å²) in [4.78, 5) is 6.43. The van der Waals surface area contributed by atoms with Gasteiger partial charge in [-0.15, -0.1) is 11.3 Å². The molecule has 0 amide bonds. The molecule has 1 aromatic heterocycles. The Bertz CT molecular complexity index is 585. The van der Waals surface area contributed by atoms with Crippen molar-refractivity contribution in [3.05, 3.63) is 51.5 Å². The van der Waals surface area contributed by atoms with Gasteiger partial charge in [0.2, 0.25) is 0 Å². The van der Waals surface area contributed by atoms with Crippen LogP contribution in [0, 0.1) is 0 Å². The van der Waals surface area contributed by atoms with E-state index in [1.54, 1.807) is 0 Å². The molecule has 1 N–H and O–H groups in total. The number of hydrogen-bond donors (Lipinski definition) is 1. The van der Waals surface area contributed by atoms with E-state index in [0.717, 1.165) is 19.5 Å². The summed E-state index contributed by atoms with van der Waals surface area (Å²) < 4.78 is 0.